The van der Waals surface area contributed by atoms with Crippen LogP contribution in [0.4, 0.5) is 0 Å². The van der Waals surface area contributed by atoms with Gasteiger partial charge in [-0.15, -0.1) is 0 Å². The van der Waals surface area contributed by atoms with E-state index in [9.17, 15) is 53.4 Å². The van der Waals surface area contributed by atoms with Crippen LogP contribution < -0.4 is 46.7 Å². The van der Waals surface area contributed by atoms with E-state index >= 15 is 0 Å². The highest BCUT2D eigenvalue weighted by atomic mass is 32.1. The van der Waals surface area contributed by atoms with Crippen LogP contribution >= 0.6 is 36.7 Å². The Morgan fingerprint density at radius 1 is 0.411 bits per heavy atom. The van der Waals surface area contributed by atoms with Crippen molar-refractivity contribution in [3.63, 3.8) is 0 Å². The number of aromatic nitrogens is 12. The second-order valence-corrected chi connectivity index (χ2v) is 31.0. The van der Waals surface area contributed by atoms with Crippen molar-refractivity contribution >= 4 is 104 Å². The van der Waals surface area contributed by atoms with Gasteiger partial charge < -0.3 is 57.4 Å². The minimum Gasteiger partial charge on any atom is -0.490 e. The Hall–Kier alpha value is -13.8. The highest BCUT2D eigenvalue weighted by molar-refractivity contribution is 7.72. The molecule has 0 bridgehead atoms. The van der Waals surface area contributed by atoms with Gasteiger partial charge in [-0.3, -0.25) is 78.9 Å². The largest absolute Gasteiger partial charge is 0.490 e. The molecular formula is C91H94N14O16S3. The van der Waals surface area contributed by atoms with Crippen LogP contribution in [0.15, 0.2) is 251 Å². The van der Waals surface area contributed by atoms with Crippen LogP contribution in [-0.2, 0) is 29.5 Å². The number of rotatable bonds is 26. The predicted molar refractivity (Wildman–Crippen MR) is 479 cm³/mol. The Kier molecular flexibility index (Phi) is 28.9. The fourth-order valence-electron chi connectivity index (χ4n) is 15.6. The van der Waals surface area contributed by atoms with Gasteiger partial charge in [-0.1, -0.05) is 185 Å². The van der Waals surface area contributed by atoms with Crippen LogP contribution in [-0.4, -0.2) is 162 Å². The average Bonchev–Trinajstić information content (AvgIpc) is 1.25. The first kappa shape index (κ1) is 88.0. The van der Waals surface area contributed by atoms with Gasteiger partial charge in [0.25, 0.3) is 27.8 Å². The summed E-state index contributed by atoms with van der Waals surface area (Å²) < 4.78 is 35.0. The van der Waals surface area contributed by atoms with Gasteiger partial charge in [0.2, 0.25) is 11.8 Å². The maximum absolute atomic E-state index is 14.1. The number of fused-ring (bicyclic) bond motifs is 4. The van der Waals surface area contributed by atoms with Gasteiger partial charge in [-0.05, 0) is 152 Å². The predicted octanol–water partition coefficient (Wildman–Crippen LogP) is 13.7. The van der Waals surface area contributed by atoms with Gasteiger partial charge in [-0.25, -0.2) is 9.59 Å². The molecule has 3 aliphatic rings. The monoisotopic (exact) mass is 1730 g/mol. The standard InChI is InChI=1S/C28H28N4O4S.C23H26N4O3S.C23H25N3O5.C17H15N3O4S/c1-2-17-36-21-10-6-7-19(18-21)24(32-14-11-22-23(27(32)37)25(33)30-29-22)26(34)31-15-12-28(35,13-16-31)20-8-4-3-5-9-20;1-2-14-30-17-9-7-8-16(15-17)20(22(29)26-11-5-3-4-6-12-26)27-13-10-18-19(23(27)31)21(28)25-24-18;1-2-13-30-17-10-6-7-15(14-17)20(23(29)31-16-8-4-3-5-9-16)26-12-11-18-19(22(26)28)21(27)25-24-18;1-2-8-24-11-5-3-4-10(9-11)14(17(22)23)20-7-6-12-13(16(20)25)15(21)19-18-12/h2-11,14,18,24,35H,1,12-13,15-17H2,(H2,29,30,33);2,7-10,13,15,20H,1,3-6,11-12,14H2,(H2,24,25,28);2,6-7,10-12,14,16,20H,1,3-5,8-9,13H2,(H2,24,25,27);2-7,9,14H,1,8H2,(H,22,23)(H2,18,19,21). The third-order valence-corrected chi connectivity index (χ3v) is 23.0. The normalized spacial score (nSPS) is 14.9. The first-order chi connectivity index (χ1) is 60.1. The number of likely N-dealkylation sites (tertiary alicyclic amines) is 2. The lowest BCUT2D eigenvalue weighted by Gasteiger charge is -2.40. The van der Waals surface area contributed by atoms with Crippen molar-refractivity contribution in [2.45, 2.75) is 107 Å². The Morgan fingerprint density at radius 2 is 0.750 bits per heavy atom. The molecule has 33 heteroatoms. The molecule has 0 radical (unpaired) electrons. The highest BCUT2D eigenvalue weighted by Crippen LogP contribution is 2.37. The molecule has 8 aromatic heterocycles. The van der Waals surface area contributed by atoms with Crippen molar-refractivity contribution in [2.75, 3.05) is 52.6 Å². The Bertz CT molecular complexity index is 6580. The number of nitrogens with one attached hydrogen (secondary N) is 8. The maximum atomic E-state index is 14.1. The molecule has 10 N–H and O–H groups in total. The molecule has 1 saturated carbocycles. The number of carbonyl (C=O) groups excluding carboxylic acids is 3. The van der Waals surface area contributed by atoms with Crippen LogP contribution in [0.5, 0.6) is 23.0 Å². The van der Waals surface area contributed by atoms with Crippen molar-refractivity contribution < 1.29 is 53.1 Å². The Morgan fingerprint density at radius 3 is 1.14 bits per heavy atom. The Labute approximate surface area is 724 Å². The van der Waals surface area contributed by atoms with E-state index in [-0.39, 0.29) is 54.6 Å². The molecule has 4 atom stereocenters. The third-order valence-electron chi connectivity index (χ3n) is 21.8. The zero-order chi connectivity index (χ0) is 87.6. The summed E-state index contributed by atoms with van der Waals surface area (Å²) in [5, 5.41) is 42.9. The number of carboxylic acids is 1. The summed E-state index contributed by atoms with van der Waals surface area (Å²) in [6, 6.07) is 41.1. The van der Waals surface area contributed by atoms with E-state index in [2.05, 4.69) is 67.1 Å². The van der Waals surface area contributed by atoms with Gasteiger partial charge in [0, 0.05) is 51.0 Å². The number of nitrogens with zero attached hydrogens (tertiary/aromatic N) is 6. The second-order valence-electron chi connectivity index (χ2n) is 29.9. The minimum atomic E-state index is -1.09. The number of carboxylic acid groups (broad SMARTS) is 1. The van der Waals surface area contributed by atoms with Crippen LogP contribution in [0.1, 0.15) is 123 Å². The van der Waals surface area contributed by atoms with Gasteiger partial charge in [0.05, 0.1) is 27.7 Å². The number of esters is 1. The molecule has 13 aromatic rings. The third kappa shape index (κ3) is 20.0. The molecule has 3 fully saturated rings. The fraction of sp³-hybridized carbons (Fsp3) is 0.275. The summed E-state index contributed by atoms with van der Waals surface area (Å²) in [4.78, 5) is 119. The maximum Gasteiger partial charge on any atom is 0.334 e. The topological polar surface area (TPSA) is 393 Å². The highest BCUT2D eigenvalue weighted by Gasteiger charge is 2.39. The summed E-state index contributed by atoms with van der Waals surface area (Å²) in [6.45, 7) is 18.1. The van der Waals surface area contributed by atoms with Crippen LogP contribution in [0.3, 0.4) is 0 Å². The fourth-order valence-corrected chi connectivity index (χ4v) is 16.7. The molecule has 2 amide bonds. The van der Waals surface area contributed by atoms with Crippen molar-refractivity contribution in [3.8, 4) is 23.0 Å². The van der Waals surface area contributed by atoms with Gasteiger partial charge in [0.1, 0.15) is 103 Å². The van der Waals surface area contributed by atoms with Crippen LogP contribution in [0.25, 0.3) is 43.6 Å². The van der Waals surface area contributed by atoms with Crippen LogP contribution in [0.2, 0.25) is 0 Å². The molecule has 124 heavy (non-hydrogen) atoms. The number of aliphatic hydroxyl groups is 1. The van der Waals surface area contributed by atoms with Crippen molar-refractivity contribution in [3.05, 3.63) is 321 Å². The number of hydrogen-bond donors (Lipinski definition) is 10. The number of carbonyl (C=O) groups is 4. The molecule has 1 aliphatic carbocycles. The average molecular weight is 1740 g/mol. The molecule has 4 unspecified atom stereocenters. The lowest BCUT2D eigenvalue weighted by molar-refractivity contribution is -0.153. The number of H-pyrrole nitrogens is 8. The zero-order valence-corrected chi connectivity index (χ0v) is 70.2. The molecular weight excluding hydrogens is 1640 g/mol. The number of amides is 2. The van der Waals surface area contributed by atoms with E-state index in [1.165, 1.54) is 15.3 Å². The minimum absolute atomic E-state index is 0.0230. The van der Waals surface area contributed by atoms with Crippen molar-refractivity contribution in [1.82, 2.24) is 68.9 Å². The van der Waals surface area contributed by atoms with Crippen molar-refractivity contribution in [2.24, 2.45) is 0 Å². The zero-order valence-electron chi connectivity index (χ0n) is 67.7. The molecule has 30 nitrogen and oxygen atoms in total. The number of aromatic amines is 8. The summed E-state index contributed by atoms with van der Waals surface area (Å²) in [5.74, 6) is 0.503. The second kappa shape index (κ2) is 40.7. The summed E-state index contributed by atoms with van der Waals surface area (Å²) in [5.41, 5.74) is 2.32. The first-order valence-corrected chi connectivity index (χ1v) is 41.7. The molecule has 2 saturated heterocycles. The molecule has 10 heterocycles. The van der Waals surface area contributed by atoms with Crippen molar-refractivity contribution in [1.29, 1.82) is 0 Å². The van der Waals surface area contributed by atoms with Gasteiger partial charge in [-0.2, -0.15) is 0 Å². The van der Waals surface area contributed by atoms with Gasteiger partial charge >= 0.3 is 11.9 Å². The number of hydrogen-bond acceptors (Lipinski definition) is 18. The number of aliphatic carboxylic acids is 1. The molecule has 0 spiro atoms. The van der Waals surface area contributed by atoms with E-state index in [1.807, 2.05) is 83.8 Å². The smallest absolute Gasteiger partial charge is 0.334 e. The number of piperidine rings is 1. The lowest BCUT2D eigenvalue weighted by Crippen LogP contribution is -2.47. The SMILES string of the molecule is C=CCOc1cccc(C(C(=O)N2CCC(O)(c3ccccc3)CC2)n2ccc3[nH][nH]c(=O)c3c2=S)c1.C=CCOc1cccc(C(C(=O)N2CCCCCC2)n2ccc3[nH][nH]c(=O)c3c2=S)c1.C=CCOc1cccc(C(C(=O)O)n2ccc3[nH][nH]c(=O)c3c2=S)c1.C=CCOc1cccc(C(C(=O)OC2CCCCC2)n2ccc3[nH][nH]c(=O)c3c2=O)c1. The van der Waals surface area contributed by atoms with E-state index in [0.29, 0.717) is 130 Å². The number of pyridine rings is 4. The van der Waals surface area contributed by atoms with E-state index < -0.39 is 52.8 Å². The van der Waals surface area contributed by atoms with E-state index in [0.717, 1.165) is 82.0 Å². The summed E-state index contributed by atoms with van der Waals surface area (Å²) in [6.07, 6.45) is 22.8. The Balaban J connectivity index is 0.000000143. The number of ether oxygens (including phenoxy) is 5. The molecule has 16 rings (SSSR count). The van der Waals surface area contributed by atoms with Gasteiger partial charge in [0.15, 0.2) is 12.1 Å². The summed E-state index contributed by atoms with van der Waals surface area (Å²) >= 11 is 16.7. The molecule has 642 valence electrons. The van der Waals surface area contributed by atoms with Crippen LogP contribution in [0, 0.1) is 13.9 Å². The molecule has 5 aromatic carbocycles. The quantitative estimate of drug-likeness (QED) is 0.0137. The summed E-state index contributed by atoms with van der Waals surface area (Å²) in [7, 11) is 0. The molecule has 2 aliphatic heterocycles. The van der Waals surface area contributed by atoms with E-state index in [1.54, 1.807) is 130 Å². The number of benzene rings is 5. The van der Waals surface area contributed by atoms with E-state index in [4.69, 9.17) is 60.3 Å². The first-order valence-electron chi connectivity index (χ1n) is 40.5. The lowest BCUT2D eigenvalue weighted by atomic mass is 9.84.